The van der Waals surface area contributed by atoms with E-state index >= 15 is 0 Å². The predicted molar refractivity (Wildman–Crippen MR) is 179 cm³/mol. The molecule has 0 saturated heterocycles. The van der Waals surface area contributed by atoms with Crippen molar-refractivity contribution in [1.82, 2.24) is 0 Å². The SMILES string of the molecule is C=CC(=O)C(C)(C)OCCC(C)(C)Oc1ccc(C(C)(C)c2ccc(OC(C)(C)CCOC(C)(CC)C(=O)C=C)cc2)cc1. The minimum absolute atomic E-state index is 0.104. The van der Waals surface area contributed by atoms with Crippen molar-refractivity contribution < 1.29 is 28.5 Å². The highest BCUT2D eigenvalue weighted by atomic mass is 16.5. The molecule has 2 rings (SSSR count). The molecule has 2 aromatic carbocycles. The minimum atomic E-state index is -0.897. The molecule has 1 unspecified atom stereocenters. The second-order valence-corrected chi connectivity index (χ2v) is 13.8. The largest absolute Gasteiger partial charge is 0.488 e. The van der Waals surface area contributed by atoms with Crippen LogP contribution in [-0.2, 0) is 24.5 Å². The molecule has 0 radical (unpaired) electrons. The second-order valence-electron chi connectivity index (χ2n) is 13.8. The Bertz CT molecular complexity index is 1270. The minimum Gasteiger partial charge on any atom is -0.488 e. The van der Waals surface area contributed by atoms with E-state index in [-0.39, 0.29) is 17.0 Å². The van der Waals surface area contributed by atoms with Gasteiger partial charge >= 0.3 is 0 Å². The van der Waals surface area contributed by atoms with Crippen LogP contribution in [0.3, 0.4) is 0 Å². The molecule has 0 aliphatic rings. The average molecular weight is 607 g/mol. The molecule has 0 spiro atoms. The molecule has 0 N–H and O–H groups in total. The van der Waals surface area contributed by atoms with Gasteiger partial charge in [-0.2, -0.15) is 0 Å². The zero-order valence-electron chi connectivity index (χ0n) is 28.7. The van der Waals surface area contributed by atoms with Crippen LogP contribution in [0.5, 0.6) is 11.5 Å². The van der Waals surface area contributed by atoms with Gasteiger partial charge in [0.1, 0.15) is 33.9 Å². The highest BCUT2D eigenvalue weighted by Crippen LogP contribution is 2.35. The summed E-state index contributed by atoms with van der Waals surface area (Å²) in [6.07, 6.45) is 4.46. The zero-order valence-corrected chi connectivity index (χ0v) is 28.7. The van der Waals surface area contributed by atoms with Crippen molar-refractivity contribution >= 4 is 11.6 Å². The molecule has 242 valence electrons. The maximum absolute atomic E-state index is 12.2. The number of ether oxygens (including phenoxy) is 4. The first-order chi connectivity index (χ1) is 20.3. The molecule has 1 atom stereocenters. The van der Waals surface area contributed by atoms with E-state index in [1.165, 1.54) is 12.2 Å². The van der Waals surface area contributed by atoms with E-state index in [9.17, 15) is 9.59 Å². The molecule has 0 bridgehead atoms. The van der Waals surface area contributed by atoms with Gasteiger partial charge in [0.05, 0.1) is 13.2 Å². The maximum atomic E-state index is 12.2. The fourth-order valence-corrected chi connectivity index (χ4v) is 4.74. The number of benzene rings is 2. The Morgan fingerprint density at radius 3 is 1.39 bits per heavy atom. The summed E-state index contributed by atoms with van der Waals surface area (Å²) in [6.45, 7) is 27.7. The van der Waals surface area contributed by atoms with Gasteiger partial charge in [-0.25, -0.2) is 0 Å². The van der Waals surface area contributed by atoms with Gasteiger partial charge in [-0.15, -0.1) is 0 Å². The van der Waals surface area contributed by atoms with Gasteiger partial charge in [0.15, 0.2) is 11.6 Å². The molecule has 6 heteroatoms. The summed E-state index contributed by atoms with van der Waals surface area (Å²) in [4.78, 5) is 24.2. The number of carbonyl (C=O) groups excluding carboxylic acids is 2. The smallest absolute Gasteiger partial charge is 0.186 e. The third kappa shape index (κ3) is 10.2. The maximum Gasteiger partial charge on any atom is 0.186 e. The lowest BCUT2D eigenvalue weighted by molar-refractivity contribution is -0.139. The molecule has 0 fully saturated rings. The molecular formula is C38H54O6. The lowest BCUT2D eigenvalue weighted by Gasteiger charge is -2.31. The Balaban J connectivity index is 1.99. The van der Waals surface area contributed by atoms with Crippen LogP contribution in [0, 0.1) is 0 Å². The van der Waals surface area contributed by atoms with Gasteiger partial charge in [-0.1, -0.05) is 58.2 Å². The summed E-state index contributed by atoms with van der Waals surface area (Å²) in [5.74, 6) is 1.31. The van der Waals surface area contributed by atoms with Crippen molar-refractivity contribution in [2.75, 3.05) is 13.2 Å². The molecule has 0 amide bonds. The first kappa shape index (κ1) is 37.0. The Labute approximate surface area is 265 Å². The molecule has 0 heterocycles. The topological polar surface area (TPSA) is 71.1 Å². The summed E-state index contributed by atoms with van der Waals surface area (Å²) in [6, 6.07) is 16.4. The molecule has 0 aliphatic carbocycles. The lowest BCUT2D eigenvalue weighted by atomic mass is 9.78. The van der Waals surface area contributed by atoms with E-state index in [1.54, 1.807) is 13.8 Å². The first-order valence-electron chi connectivity index (χ1n) is 15.5. The molecule has 0 aliphatic heterocycles. The number of carbonyl (C=O) groups is 2. The quantitative estimate of drug-likeness (QED) is 0.149. The predicted octanol–water partition coefficient (Wildman–Crippen LogP) is 8.60. The number of hydrogen-bond acceptors (Lipinski definition) is 6. The standard InChI is InChI=1S/C38H54O6/c1-13-32(39)37(10,11)41-26-24-34(4,5)43-30-20-16-28(17-21-30)36(8,9)29-18-22-31(23-19-29)44-35(6,7)25-27-42-38(12,15-3)33(40)14-2/h13-14,16-23H,1-2,15,24-27H2,3-12H3. The fourth-order valence-electron chi connectivity index (χ4n) is 4.74. The number of ketones is 2. The van der Waals surface area contributed by atoms with Crippen LogP contribution in [0.25, 0.3) is 0 Å². The third-order valence-corrected chi connectivity index (χ3v) is 8.39. The van der Waals surface area contributed by atoms with Crippen LogP contribution in [-0.4, -0.2) is 47.2 Å². The van der Waals surface area contributed by atoms with E-state index in [2.05, 4.69) is 51.3 Å². The van der Waals surface area contributed by atoms with Gasteiger partial charge in [0.25, 0.3) is 0 Å². The van der Waals surface area contributed by atoms with Crippen molar-refractivity contribution in [2.24, 2.45) is 0 Å². The summed E-state index contributed by atoms with van der Waals surface area (Å²) in [5, 5.41) is 0. The Hall–Kier alpha value is -3.22. The van der Waals surface area contributed by atoms with E-state index in [0.717, 1.165) is 22.6 Å². The molecule has 0 aromatic heterocycles. The van der Waals surface area contributed by atoms with Crippen LogP contribution in [0.2, 0.25) is 0 Å². The van der Waals surface area contributed by atoms with Crippen molar-refractivity contribution in [3.8, 4) is 11.5 Å². The lowest BCUT2D eigenvalue weighted by Crippen LogP contribution is -2.39. The van der Waals surface area contributed by atoms with Crippen LogP contribution >= 0.6 is 0 Å². The van der Waals surface area contributed by atoms with Crippen LogP contribution < -0.4 is 9.47 Å². The third-order valence-electron chi connectivity index (χ3n) is 8.39. The van der Waals surface area contributed by atoms with Crippen molar-refractivity contribution in [3.63, 3.8) is 0 Å². The average Bonchev–Trinajstić information content (AvgIpc) is 2.95. The van der Waals surface area contributed by atoms with Gasteiger partial charge in [0.2, 0.25) is 0 Å². The molecule has 0 saturated carbocycles. The normalized spacial score (nSPS) is 14.0. The number of hydrogen-bond donors (Lipinski definition) is 0. The fraction of sp³-hybridized carbons (Fsp3) is 0.526. The van der Waals surface area contributed by atoms with E-state index < -0.39 is 22.4 Å². The zero-order chi connectivity index (χ0) is 33.4. The summed E-state index contributed by atoms with van der Waals surface area (Å²) in [7, 11) is 0. The van der Waals surface area contributed by atoms with Crippen LogP contribution in [0.1, 0.15) is 99.6 Å². The van der Waals surface area contributed by atoms with Gasteiger partial charge in [-0.05, 0) is 102 Å². The summed E-state index contributed by atoms with van der Waals surface area (Å²) < 4.78 is 24.4. The summed E-state index contributed by atoms with van der Waals surface area (Å²) >= 11 is 0. The van der Waals surface area contributed by atoms with Crippen LogP contribution in [0.4, 0.5) is 0 Å². The number of rotatable bonds is 19. The van der Waals surface area contributed by atoms with E-state index in [1.807, 2.05) is 65.8 Å². The molecule has 6 nitrogen and oxygen atoms in total. The van der Waals surface area contributed by atoms with Crippen molar-refractivity contribution in [3.05, 3.63) is 85.0 Å². The van der Waals surface area contributed by atoms with E-state index in [0.29, 0.717) is 32.5 Å². The summed E-state index contributed by atoms with van der Waals surface area (Å²) in [5.41, 5.74) is -0.617. The highest BCUT2D eigenvalue weighted by Gasteiger charge is 2.32. The van der Waals surface area contributed by atoms with E-state index in [4.69, 9.17) is 18.9 Å². The molecule has 44 heavy (non-hydrogen) atoms. The Morgan fingerprint density at radius 1 is 0.636 bits per heavy atom. The van der Waals surface area contributed by atoms with Gasteiger partial charge < -0.3 is 18.9 Å². The monoisotopic (exact) mass is 606 g/mol. The highest BCUT2D eigenvalue weighted by molar-refractivity contribution is 5.96. The second kappa shape index (κ2) is 14.7. The van der Waals surface area contributed by atoms with Gasteiger partial charge in [0, 0.05) is 18.3 Å². The first-order valence-corrected chi connectivity index (χ1v) is 15.5. The Morgan fingerprint density at radius 2 is 1.02 bits per heavy atom. The molecular weight excluding hydrogens is 552 g/mol. The van der Waals surface area contributed by atoms with Crippen molar-refractivity contribution in [2.45, 2.75) is 116 Å². The van der Waals surface area contributed by atoms with Crippen LogP contribution in [0.15, 0.2) is 73.8 Å². The van der Waals surface area contributed by atoms with Gasteiger partial charge in [-0.3, -0.25) is 9.59 Å². The van der Waals surface area contributed by atoms with Crippen molar-refractivity contribution in [1.29, 1.82) is 0 Å². The Kier molecular flexibility index (Phi) is 12.4. The molecule has 2 aromatic rings.